The van der Waals surface area contributed by atoms with E-state index in [9.17, 15) is 19.6 Å². The van der Waals surface area contributed by atoms with Crippen LogP contribution in [-0.4, -0.2) is 42.1 Å². The molecule has 0 bridgehead atoms. The highest BCUT2D eigenvalue weighted by Gasteiger charge is 2.36. The normalized spacial score (nSPS) is 17.8. The third-order valence-electron chi connectivity index (χ3n) is 7.08. The van der Waals surface area contributed by atoms with Crippen molar-refractivity contribution in [2.75, 3.05) is 30.0 Å². The van der Waals surface area contributed by atoms with Crippen molar-refractivity contribution in [1.29, 1.82) is 5.26 Å². The molecule has 1 saturated heterocycles. The first-order valence-electron chi connectivity index (χ1n) is 12.4. The number of benzene rings is 1. The fourth-order valence-corrected chi connectivity index (χ4v) is 5.13. The molecule has 1 N–H and O–H groups in total. The second kappa shape index (κ2) is 10.9. The van der Waals surface area contributed by atoms with Crippen LogP contribution in [0.15, 0.2) is 24.3 Å². The molecule has 4 rings (SSSR count). The molecule has 36 heavy (non-hydrogen) atoms. The van der Waals surface area contributed by atoms with Gasteiger partial charge in [-0.1, -0.05) is 12.8 Å². The lowest BCUT2D eigenvalue weighted by molar-refractivity contribution is -0.151. The molecule has 190 valence electrons. The average Bonchev–Trinajstić information content (AvgIpc) is 3.58. The molecule has 9 heteroatoms. The van der Waals surface area contributed by atoms with Gasteiger partial charge in [-0.15, -0.1) is 0 Å². The number of amides is 2. The first kappa shape index (κ1) is 25.3. The summed E-state index contributed by atoms with van der Waals surface area (Å²) in [5.41, 5.74) is 2.92. The number of hydrogen-bond acceptors (Lipinski definition) is 6. The van der Waals surface area contributed by atoms with Crippen LogP contribution in [0.5, 0.6) is 5.75 Å². The molecule has 1 aromatic heterocycles. The SMILES string of the molecule is CCOc1ccc(N2C[C@H](C(=O)OCC(=O)Nc3c(C#N)c(C)c(C)n3C3CCCC3)CC2=O)cc1. The highest BCUT2D eigenvalue weighted by atomic mass is 16.5. The first-order chi connectivity index (χ1) is 17.3. The lowest BCUT2D eigenvalue weighted by atomic mass is 10.1. The standard InChI is InChI=1S/C27H32N4O5/c1-4-35-22-11-9-20(10-12-22)30-15-19(13-25(30)33)27(34)36-16-24(32)29-26-23(14-28)17(2)18(3)31(26)21-7-5-6-8-21/h9-12,19,21H,4-8,13,15-16H2,1-3H3,(H,29,32)/t19-/m1/s1. The Morgan fingerprint density at radius 3 is 2.50 bits per heavy atom. The number of nitrogens with one attached hydrogen (secondary N) is 1. The fourth-order valence-electron chi connectivity index (χ4n) is 5.13. The Bertz CT molecular complexity index is 1190. The Morgan fingerprint density at radius 1 is 1.17 bits per heavy atom. The molecular formula is C27H32N4O5. The van der Waals surface area contributed by atoms with Crippen molar-refractivity contribution in [1.82, 2.24) is 4.57 Å². The zero-order valence-corrected chi connectivity index (χ0v) is 21.0. The van der Waals surface area contributed by atoms with E-state index < -0.39 is 24.4 Å². The number of carbonyl (C=O) groups is 3. The number of ether oxygens (including phenoxy) is 2. The second-order valence-corrected chi connectivity index (χ2v) is 9.34. The predicted molar refractivity (Wildman–Crippen MR) is 134 cm³/mol. The van der Waals surface area contributed by atoms with Gasteiger partial charge < -0.3 is 24.3 Å². The fraction of sp³-hybridized carbons (Fsp3) is 0.481. The van der Waals surface area contributed by atoms with Crippen LogP contribution >= 0.6 is 0 Å². The van der Waals surface area contributed by atoms with E-state index in [4.69, 9.17) is 9.47 Å². The van der Waals surface area contributed by atoms with Gasteiger partial charge in [0.15, 0.2) is 6.61 Å². The van der Waals surface area contributed by atoms with E-state index in [1.165, 1.54) is 0 Å². The molecule has 0 radical (unpaired) electrons. The van der Waals surface area contributed by atoms with Crippen LogP contribution in [0.4, 0.5) is 11.5 Å². The van der Waals surface area contributed by atoms with E-state index in [2.05, 4.69) is 11.4 Å². The Hall–Kier alpha value is -3.80. The Kier molecular flexibility index (Phi) is 7.63. The number of hydrogen-bond donors (Lipinski definition) is 1. The van der Waals surface area contributed by atoms with Crippen molar-refractivity contribution in [3.8, 4) is 11.8 Å². The van der Waals surface area contributed by atoms with Crippen LogP contribution < -0.4 is 15.0 Å². The van der Waals surface area contributed by atoms with E-state index >= 15 is 0 Å². The minimum atomic E-state index is -0.654. The van der Waals surface area contributed by atoms with Gasteiger partial charge in [0.2, 0.25) is 5.91 Å². The minimum absolute atomic E-state index is 0.0230. The highest BCUT2D eigenvalue weighted by molar-refractivity contribution is 6.00. The summed E-state index contributed by atoms with van der Waals surface area (Å²) in [5, 5.41) is 12.5. The molecule has 1 aliphatic heterocycles. The van der Waals surface area contributed by atoms with Crippen LogP contribution in [0.3, 0.4) is 0 Å². The lowest BCUT2D eigenvalue weighted by Gasteiger charge is -2.19. The molecule has 2 aliphatic rings. The number of esters is 1. The van der Waals surface area contributed by atoms with Crippen molar-refractivity contribution in [3.05, 3.63) is 41.1 Å². The van der Waals surface area contributed by atoms with Gasteiger partial charge >= 0.3 is 5.97 Å². The van der Waals surface area contributed by atoms with Crippen molar-refractivity contribution in [2.24, 2.45) is 5.92 Å². The van der Waals surface area contributed by atoms with Gasteiger partial charge in [0.1, 0.15) is 17.6 Å². The van der Waals surface area contributed by atoms with Gasteiger partial charge in [-0.2, -0.15) is 5.26 Å². The number of anilines is 2. The number of carbonyl (C=O) groups excluding carboxylic acids is 3. The van der Waals surface area contributed by atoms with Crippen LogP contribution in [0.1, 0.15) is 61.9 Å². The summed E-state index contributed by atoms with van der Waals surface area (Å²) < 4.78 is 12.8. The highest BCUT2D eigenvalue weighted by Crippen LogP contribution is 2.37. The minimum Gasteiger partial charge on any atom is -0.494 e. The topological polar surface area (TPSA) is 114 Å². The molecule has 1 saturated carbocycles. The van der Waals surface area contributed by atoms with Crippen LogP contribution in [-0.2, 0) is 19.1 Å². The van der Waals surface area contributed by atoms with E-state index in [0.29, 0.717) is 29.4 Å². The van der Waals surface area contributed by atoms with E-state index in [1.54, 1.807) is 29.2 Å². The molecular weight excluding hydrogens is 460 g/mol. The van der Waals surface area contributed by atoms with Gasteiger partial charge in [-0.25, -0.2) is 0 Å². The molecule has 0 spiro atoms. The maximum Gasteiger partial charge on any atom is 0.311 e. The summed E-state index contributed by atoms with van der Waals surface area (Å²) in [6, 6.07) is 9.56. The Balaban J connectivity index is 1.37. The van der Waals surface area contributed by atoms with E-state index in [0.717, 1.165) is 36.9 Å². The lowest BCUT2D eigenvalue weighted by Crippen LogP contribution is -2.28. The van der Waals surface area contributed by atoms with Crippen molar-refractivity contribution in [2.45, 2.75) is 58.9 Å². The van der Waals surface area contributed by atoms with Gasteiger partial charge in [-0.05, 0) is 63.4 Å². The van der Waals surface area contributed by atoms with Crippen molar-refractivity contribution < 1.29 is 23.9 Å². The van der Waals surface area contributed by atoms with Gasteiger partial charge in [0, 0.05) is 30.4 Å². The van der Waals surface area contributed by atoms with Crippen LogP contribution in [0, 0.1) is 31.1 Å². The van der Waals surface area contributed by atoms with Gasteiger partial charge in [0.05, 0.1) is 18.1 Å². The zero-order chi connectivity index (χ0) is 25.8. The summed E-state index contributed by atoms with van der Waals surface area (Å²) in [6.45, 7) is 5.98. The smallest absolute Gasteiger partial charge is 0.311 e. The summed E-state index contributed by atoms with van der Waals surface area (Å²) in [6.07, 6.45) is 4.25. The largest absolute Gasteiger partial charge is 0.494 e. The third kappa shape index (κ3) is 5.08. The monoisotopic (exact) mass is 492 g/mol. The number of nitrogens with zero attached hydrogens (tertiary/aromatic N) is 3. The summed E-state index contributed by atoms with van der Waals surface area (Å²) >= 11 is 0. The van der Waals surface area contributed by atoms with Crippen molar-refractivity contribution >= 4 is 29.3 Å². The first-order valence-corrected chi connectivity index (χ1v) is 12.4. The van der Waals surface area contributed by atoms with Crippen molar-refractivity contribution in [3.63, 3.8) is 0 Å². The summed E-state index contributed by atoms with van der Waals surface area (Å²) in [7, 11) is 0. The molecule has 9 nitrogen and oxygen atoms in total. The zero-order valence-electron chi connectivity index (χ0n) is 21.0. The third-order valence-corrected chi connectivity index (χ3v) is 7.08. The summed E-state index contributed by atoms with van der Waals surface area (Å²) in [5.74, 6) is -0.754. The summed E-state index contributed by atoms with van der Waals surface area (Å²) in [4.78, 5) is 39.4. The van der Waals surface area contributed by atoms with Crippen LogP contribution in [0.2, 0.25) is 0 Å². The molecule has 2 amide bonds. The van der Waals surface area contributed by atoms with Gasteiger partial charge in [0.25, 0.3) is 5.91 Å². The van der Waals surface area contributed by atoms with Crippen LogP contribution in [0.25, 0.3) is 0 Å². The Morgan fingerprint density at radius 2 is 1.86 bits per heavy atom. The van der Waals surface area contributed by atoms with E-state index in [-0.39, 0.29) is 24.9 Å². The quantitative estimate of drug-likeness (QED) is 0.557. The predicted octanol–water partition coefficient (Wildman–Crippen LogP) is 4.03. The molecule has 0 unspecified atom stereocenters. The molecule has 1 aromatic carbocycles. The molecule has 2 fully saturated rings. The number of nitriles is 1. The maximum atomic E-state index is 12.7. The second-order valence-electron chi connectivity index (χ2n) is 9.34. The molecule has 1 atom stereocenters. The number of aromatic nitrogens is 1. The molecule has 2 heterocycles. The molecule has 2 aromatic rings. The maximum absolute atomic E-state index is 12.7. The van der Waals surface area contributed by atoms with E-state index in [1.807, 2.05) is 25.3 Å². The van der Waals surface area contributed by atoms with Gasteiger partial charge in [-0.3, -0.25) is 14.4 Å². The molecule has 1 aliphatic carbocycles. The average molecular weight is 493 g/mol. The Labute approximate surface area is 211 Å². The number of rotatable bonds is 8.